The smallest absolute Gasteiger partial charge is 0.419 e. The van der Waals surface area contributed by atoms with Gasteiger partial charge < -0.3 is 26.8 Å². The Morgan fingerprint density at radius 2 is 1.95 bits per heavy atom. The maximum atomic E-state index is 13.9. The number of aromatic amines is 1. The van der Waals surface area contributed by atoms with E-state index in [0.717, 1.165) is 6.07 Å². The van der Waals surface area contributed by atoms with Gasteiger partial charge in [0.1, 0.15) is 18.0 Å². The third-order valence-corrected chi connectivity index (χ3v) is 6.12. The van der Waals surface area contributed by atoms with E-state index >= 15 is 0 Å². The number of benzene rings is 2. The standard InChI is InChI=1S/C24H22F5N7O4/c25-11-7-31-23(32-8-11)34-12-4-14(15-9-33-36-18(15)5-12)22(40)35-20(21(30)39)13(6-19(37)38)10-1-2-17(26)16(3-10)24(27,28)29/h1-5,9,11,13,20H,6-8H2,(H2,30,39)(H,33,36)(H,35,40)(H,37,38)(H2,31,32,34)/t13-,20?/m0/s1. The number of guanidine groups is 1. The van der Waals surface area contributed by atoms with Crippen molar-refractivity contribution in [3.63, 3.8) is 0 Å². The number of carboxylic acids is 1. The summed E-state index contributed by atoms with van der Waals surface area (Å²) in [4.78, 5) is 41.4. The van der Waals surface area contributed by atoms with Gasteiger partial charge in [0, 0.05) is 17.0 Å². The number of hydrogen-bond acceptors (Lipinski definition) is 7. The zero-order chi connectivity index (χ0) is 29.2. The van der Waals surface area contributed by atoms with Gasteiger partial charge in [0.2, 0.25) is 5.91 Å². The highest BCUT2D eigenvalue weighted by molar-refractivity contribution is 6.09. The van der Waals surface area contributed by atoms with Crippen molar-refractivity contribution < 1.29 is 41.4 Å². The zero-order valence-electron chi connectivity index (χ0n) is 20.4. The molecule has 0 fully saturated rings. The van der Waals surface area contributed by atoms with Gasteiger partial charge >= 0.3 is 12.1 Å². The molecule has 4 rings (SSSR count). The monoisotopic (exact) mass is 567 g/mol. The number of nitrogens with one attached hydrogen (secondary N) is 4. The van der Waals surface area contributed by atoms with E-state index in [4.69, 9.17) is 5.73 Å². The lowest BCUT2D eigenvalue weighted by Crippen LogP contribution is -2.48. The molecule has 3 aromatic rings. The van der Waals surface area contributed by atoms with Crippen molar-refractivity contribution in [2.24, 2.45) is 10.7 Å². The van der Waals surface area contributed by atoms with Gasteiger partial charge in [-0.3, -0.25) is 19.5 Å². The molecule has 0 spiro atoms. The highest BCUT2D eigenvalue weighted by atomic mass is 19.4. The van der Waals surface area contributed by atoms with Gasteiger partial charge in [0.05, 0.1) is 42.4 Å². The largest absolute Gasteiger partial charge is 0.481 e. The molecule has 0 radical (unpaired) electrons. The first-order valence-electron chi connectivity index (χ1n) is 11.7. The van der Waals surface area contributed by atoms with Gasteiger partial charge in [-0.05, 0) is 29.8 Å². The number of nitrogens with zero attached hydrogens (tertiary/aromatic N) is 2. The normalized spacial score (nSPS) is 16.9. The zero-order valence-corrected chi connectivity index (χ0v) is 20.4. The fourth-order valence-electron chi connectivity index (χ4n) is 4.25. The topological polar surface area (TPSA) is 175 Å². The number of halogens is 5. The van der Waals surface area contributed by atoms with E-state index in [2.05, 4.69) is 31.1 Å². The number of fused-ring (bicyclic) bond motifs is 1. The Labute approximate surface area is 222 Å². The Morgan fingerprint density at radius 1 is 1.20 bits per heavy atom. The van der Waals surface area contributed by atoms with Crippen LogP contribution in [0.15, 0.2) is 41.5 Å². The molecule has 2 heterocycles. The summed E-state index contributed by atoms with van der Waals surface area (Å²) >= 11 is 0. The fourth-order valence-corrected chi connectivity index (χ4v) is 4.25. The summed E-state index contributed by atoms with van der Waals surface area (Å²) in [7, 11) is 0. The van der Waals surface area contributed by atoms with E-state index in [1.165, 1.54) is 12.3 Å². The molecule has 2 amide bonds. The minimum Gasteiger partial charge on any atom is -0.481 e. The number of aromatic nitrogens is 2. The number of amides is 2. The lowest BCUT2D eigenvalue weighted by atomic mass is 9.86. The average molecular weight is 567 g/mol. The molecule has 0 saturated heterocycles. The quantitative estimate of drug-likeness (QED) is 0.226. The molecule has 11 nitrogen and oxygen atoms in total. The lowest BCUT2D eigenvalue weighted by molar-refractivity contribution is -0.140. The molecule has 16 heteroatoms. The number of hydrogen-bond donors (Lipinski definition) is 6. The van der Waals surface area contributed by atoms with Crippen molar-refractivity contribution in [1.29, 1.82) is 0 Å². The second-order valence-electron chi connectivity index (χ2n) is 8.94. The Morgan fingerprint density at radius 3 is 2.58 bits per heavy atom. The summed E-state index contributed by atoms with van der Waals surface area (Å²) in [6.45, 7) is -0.0736. The first-order chi connectivity index (χ1) is 18.8. The second kappa shape index (κ2) is 11.2. The number of nitrogens with two attached hydrogens (primary N) is 1. The van der Waals surface area contributed by atoms with Crippen LogP contribution in [0.3, 0.4) is 0 Å². The molecule has 212 valence electrons. The number of H-pyrrole nitrogens is 1. The van der Waals surface area contributed by atoms with Crippen molar-refractivity contribution in [2.75, 3.05) is 18.4 Å². The highest BCUT2D eigenvalue weighted by Crippen LogP contribution is 2.35. The number of carbonyl (C=O) groups is 3. The lowest BCUT2D eigenvalue weighted by Gasteiger charge is -2.26. The number of carbonyl (C=O) groups excluding carboxylic acids is 2. The summed E-state index contributed by atoms with van der Waals surface area (Å²) in [5.74, 6) is -6.64. The summed E-state index contributed by atoms with van der Waals surface area (Å²) < 4.78 is 67.2. The SMILES string of the molecule is NC(=O)C(NC(=O)c1cc(NC2=NCC(F)CN2)cc2[nH]ncc12)[C@@H](CC(=O)O)c1ccc(F)c(C(F)(F)F)c1. The summed E-state index contributed by atoms with van der Waals surface area (Å²) in [6.07, 6.45) is -5.88. The first kappa shape index (κ1) is 28.3. The molecule has 2 unspecified atom stereocenters. The van der Waals surface area contributed by atoms with Crippen LogP contribution in [0.2, 0.25) is 0 Å². The van der Waals surface area contributed by atoms with Crippen molar-refractivity contribution in [2.45, 2.75) is 30.7 Å². The van der Waals surface area contributed by atoms with Crippen LogP contribution in [0.1, 0.15) is 33.8 Å². The van der Waals surface area contributed by atoms with Crippen molar-refractivity contribution in [3.05, 3.63) is 59.0 Å². The Balaban J connectivity index is 1.69. The van der Waals surface area contributed by atoms with E-state index in [0.29, 0.717) is 23.3 Å². The minimum absolute atomic E-state index is 0.0101. The first-order valence-corrected chi connectivity index (χ1v) is 11.7. The predicted octanol–water partition coefficient (Wildman–Crippen LogP) is 2.27. The third-order valence-electron chi connectivity index (χ3n) is 6.12. The Hall–Kier alpha value is -4.76. The summed E-state index contributed by atoms with van der Waals surface area (Å²) in [5, 5.41) is 24.2. The van der Waals surface area contributed by atoms with Gasteiger partial charge in [-0.2, -0.15) is 18.3 Å². The highest BCUT2D eigenvalue weighted by Gasteiger charge is 2.37. The van der Waals surface area contributed by atoms with Crippen LogP contribution in [0, 0.1) is 5.82 Å². The van der Waals surface area contributed by atoms with Crippen LogP contribution in [-0.2, 0) is 15.8 Å². The molecular weight excluding hydrogens is 545 g/mol. The van der Waals surface area contributed by atoms with Crippen LogP contribution in [0.5, 0.6) is 0 Å². The van der Waals surface area contributed by atoms with Crippen molar-refractivity contribution >= 4 is 40.3 Å². The van der Waals surface area contributed by atoms with Crippen LogP contribution >= 0.6 is 0 Å². The van der Waals surface area contributed by atoms with E-state index < -0.39 is 59.9 Å². The number of primary amides is 1. The van der Waals surface area contributed by atoms with E-state index in [1.807, 2.05) is 0 Å². The molecule has 0 aliphatic carbocycles. The maximum absolute atomic E-state index is 13.9. The molecule has 1 aromatic heterocycles. The number of anilines is 1. The fraction of sp³-hybridized carbons (Fsp3) is 0.292. The molecule has 7 N–H and O–H groups in total. The van der Waals surface area contributed by atoms with Gasteiger partial charge in [0.15, 0.2) is 5.96 Å². The van der Waals surface area contributed by atoms with E-state index in [9.17, 15) is 41.4 Å². The minimum atomic E-state index is -5.11. The molecule has 0 bridgehead atoms. The van der Waals surface area contributed by atoms with Crippen LogP contribution in [0.25, 0.3) is 10.9 Å². The predicted molar refractivity (Wildman–Crippen MR) is 132 cm³/mol. The molecule has 0 saturated carbocycles. The molecular formula is C24H22F5N7O4. The van der Waals surface area contributed by atoms with Crippen LogP contribution in [0.4, 0.5) is 27.6 Å². The summed E-state index contributed by atoms with van der Waals surface area (Å²) in [5.41, 5.74) is 4.01. The molecule has 3 atom stereocenters. The summed E-state index contributed by atoms with van der Waals surface area (Å²) in [6, 6.07) is 2.87. The van der Waals surface area contributed by atoms with Crippen LogP contribution < -0.4 is 21.7 Å². The number of aliphatic imine (C=N–C) groups is 1. The molecule has 1 aliphatic heterocycles. The average Bonchev–Trinajstić information content (AvgIpc) is 3.35. The van der Waals surface area contributed by atoms with Gasteiger partial charge in [-0.25, -0.2) is 13.8 Å². The van der Waals surface area contributed by atoms with Crippen molar-refractivity contribution in [1.82, 2.24) is 20.8 Å². The molecule has 40 heavy (non-hydrogen) atoms. The molecule has 2 aromatic carbocycles. The van der Waals surface area contributed by atoms with Gasteiger partial charge in [-0.1, -0.05) is 6.07 Å². The van der Waals surface area contributed by atoms with E-state index in [1.54, 1.807) is 6.07 Å². The number of aliphatic carboxylic acids is 1. The number of rotatable bonds is 8. The van der Waals surface area contributed by atoms with E-state index in [-0.39, 0.29) is 35.6 Å². The third kappa shape index (κ3) is 6.27. The Kier molecular flexibility index (Phi) is 7.88. The number of alkyl halides is 4. The second-order valence-corrected chi connectivity index (χ2v) is 8.94. The Bertz CT molecular complexity index is 1490. The van der Waals surface area contributed by atoms with Crippen molar-refractivity contribution in [3.8, 4) is 0 Å². The molecule has 1 aliphatic rings. The number of carboxylic acid groups (broad SMARTS) is 1. The maximum Gasteiger partial charge on any atom is 0.419 e. The van der Waals surface area contributed by atoms with Crippen LogP contribution in [-0.4, -0.2) is 64.4 Å². The van der Waals surface area contributed by atoms with Gasteiger partial charge in [-0.15, -0.1) is 0 Å². The van der Waals surface area contributed by atoms with Gasteiger partial charge in [0.25, 0.3) is 5.91 Å².